The topological polar surface area (TPSA) is 101 Å². The molecule has 3 aromatic rings. The van der Waals surface area contributed by atoms with Gasteiger partial charge in [-0.25, -0.2) is 4.39 Å². The number of carboxylic acid groups (broad SMARTS) is 1. The third kappa shape index (κ3) is 4.91. The Labute approximate surface area is 239 Å². The van der Waals surface area contributed by atoms with Crippen molar-refractivity contribution in [1.29, 1.82) is 0 Å². The van der Waals surface area contributed by atoms with Gasteiger partial charge in [-0.15, -0.1) is 0 Å². The van der Waals surface area contributed by atoms with Gasteiger partial charge in [-0.3, -0.25) is 24.1 Å². The van der Waals surface area contributed by atoms with Crippen LogP contribution >= 0.6 is 23.2 Å². The molecule has 3 atom stereocenters. The number of Topliss-reactive ketones (excluding diaryl/α,β-unsaturated/α-hetero) is 2. The van der Waals surface area contributed by atoms with Crippen molar-refractivity contribution in [2.75, 3.05) is 0 Å². The van der Waals surface area contributed by atoms with Gasteiger partial charge in [0.25, 0.3) is 5.91 Å². The van der Waals surface area contributed by atoms with E-state index in [-0.39, 0.29) is 35.3 Å². The number of benzene rings is 3. The summed E-state index contributed by atoms with van der Waals surface area (Å²) in [7, 11) is 0. The molecular formula is C30H24Cl2FNO6. The molecule has 0 saturated heterocycles. The van der Waals surface area contributed by atoms with E-state index in [4.69, 9.17) is 27.9 Å². The van der Waals surface area contributed by atoms with Gasteiger partial charge in [-0.1, -0.05) is 47.5 Å². The van der Waals surface area contributed by atoms with Crippen LogP contribution in [0.3, 0.4) is 0 Å². The fraction of sp³-hybridized carbons (Fsp3) is 0.267. The number of aliphatic carboxylic acids is 1. The molecule has 0 bridgehead atoms. The van der Waals surface area contributed by atoms with Crippen LogP contribution < -0.4 is 0 Å². The first-order valence-electron chi connectivity index (χ1n) is 12.6. The SMILES string of the molecule is CC(=O)c1cc(F)c2c(c1)C(=O)N([C@@H](CC(=O)O)c1ccc(Cl)cc1)[C@@]2(O[C@H]1CCC(=O)C1)c1ccc(Cl)cc1. The molecule has 0 aromatic heterocycles. The molecule has 10 heteroatoms. The van der Waals surface area contributed by atoms with Crippen LogP contribution in [0.2, 0.25) is 10.0 Å². The summed E-state index contributed by atoms with van der Waals surface area (Å²) < 4.78 is 22.9. The van der Waals surface area contributed by atoms with Gasteiger partial charge in [0.05, 0.1) is 29.7 Å². The van der Waals surface area contributed by atoms with E-state index in [9.17, 15) is 24.3 Å². The normalized spacial score (nSPS) is 21.0. The summed E-state index contributed by atoms with van der Waals surface area (Å²) in [5.74, 6) is -3.30. The van der Waals surface area contributed by atoms with Gasteiger partial charge in [0, 0.05) is 34.0 Å². The molecule has 1 heterocycles. The maximum absolute atomic E-state index is 16.2. The van der Waals surface area contributed by atoms with Crippen LogP contribution in [0.1, 0.15) is 76.1 Å². The molecular weight excluding hydrogens is 560 g/mol. The molecule has 0 radical (unpaired) electrons. The Hall–Kier alpha value is -3.59. The van der Waals surface area contributed by atoms with Gasteiger partial charge in [0.15, 0.2) is 5.78 Å². The Kier molecular flexibility index (Phi) is 7.52. The van der Waals surface area contributed by atoms with E-state index < -0.39 is 47.8 Å². The highest BCUT2D eigenvalue weighted by Gasteiger charge is 2.58. The molecule has 1 aliphatic heterocycles. The smallest absolute Gasteiger partial charge is 0.305 e. The molecule has 40 heavy (non-hydrogen) atoms. The predicted octanol–water partition coefficient (Wildman–Crippen LogP) is 6.35. The third-order valence-corrected chi connectivity index (χ3v) is 7.84. The number of hydrogen-bond acceptors (Lipinski definition) is 5. The van der Waals surface area contributed by atoms with E-state index in [1.165, 1.54) is 17.9 Å². The maximum Gasteiger partial charge on any atom is 0.305 e. The minimum absolute atomic E-state index is 0.0197. The second-order valence-electron chi connectivity index (χ2n) is 9.95. The maximum atomic E-state index is 16.2. The summed E-state index contributed by atoms with van der Waals surface area (Å²) in [5, 5.41) is 10.7. The predicted molar refractivity (Wildman–Crippen MR) is 145 cm³/mol. The summed E-state index contributed by atoms with van der Waals surface area (Å²) in [4.78, 5) is 52.2. The quantitative estimate of drug-likeness (QED) is 0.310. The van der Waals surface area contributed by atoms with Gasteiger partial charge in [0.2, 0.25) is 5.72 Å². The van der Waals surface area contributed by atoms with Crippen molar-refractivity contribution < 1.29 is 33.4 Å². The fourth-order valence-corrected chi connectivity index (χ4v) is 5.80. The van der Waals surface area contributed by atoms with E-state index in [1.54, 1.807) is 48.5 Å². The van der Waals surface area contributed by atoms with Crippen molar-refractivity contribution in [3.8, 4) is 0 Å². The summed E-state index contributed by atoms with van der Waals surface area (Å²) in [5.41, 5.74) is -1.56. The van der Waals surface area contributed by atoms with Gasteiger partial charge in [-0.2, -0.15) is 0 Å². The van der Waals surface area contributed by atoms with Crippen LogP contribution in [0, 0.1) is 5.82 Å². The number of carboxylic acids is 1. The van der Waals surface area contributed by atoms with Crippen molar-refractivity contribution in [3.63, 3.8) is 0 Å². The molecule has 7 nitrogen and oxygen atoms in total. The van der Waals surface area contributed by atoms with Crippen molar-refractivity contribution in [2.24, 2.45) is 0 Å². The largest absolute Gasteiger partial charge is 0.481 e. The van der Waals surface area contributed by atoms with Gasteiger partial charge in [-0.05, 0) is 55.3 Å². The second kappa shape index (κ2) is 10.8. The van der Waals surface area contributed by atoms with E-state index in [2.05, 4.69) is 0 Å². The van der Waals surface area contributed by atoms with Crippen LogP contribution in [-0.2, 0) is 20.1 Å². The van der Waals surface area contributed by atoms with Crippen molar-refractivity contribution in [2.45, 2.75) is 50.5 Å². The zero-order valence-electron chi connectivity index (χ0n) is 21.3. The first-order chi connectivity index (χ1) is 19.0. The van der Waals surface area contributed by atoms with E-state index in [0.717, 1.165) is 6.07 Å². The van der Waals surface area contributed by atoms with Crippen LogP contribution in [-0.4, -0.2) is 39.6 Å². The summed E-state index contributed by atoms with van der Waals surface area (Å²) >= 11 is 12.3. The molecule has 3 aromatic carbocycles. The number of ether oxygens (including phenoxy) is 1. The van der Waals surface area contributed by atoms with Gasteiger partial charge < -0.3 is 9.84 Å². The Morgan fingerprint density at radius 3 is 2.25 bits per heavy atom. The van der Waals surface area contributed by atoms with Crippen molar-refractivity contribution >= 4 is 46.6 Å². The average molecular weight is 584 g/mol. The molecule has 1 N–H and O–H groups in total. The number of rotatable bonds is 8. The number of halogens is 3. The first-order valence-corrected chi connectivity index (χ1v) is 13.4. The van der Waals surface area contributed by atoms with Crippen molar-refractivity contribution in [3.05, 3.63) is 104 Å². The number of fused-ring (bicyclic) bond motifs is 1. The lowest BCUT2D eigenvalue weighted by molar-refractivity contribution is -0.162. The van der Waals surface area contributed by atoms with Crippen LogP contribution in [0.4, 0.5) is 4.39 Å². The van der Waals surface area contributed by atoms with Crippen LogP contribution in [0.25, 0.3) is 0 Å². The van der Waals surface area contributed by atoms with Crippen molar-refractivity contribution in [1.82, 2.24) is 4.90 Å². The minimum Gasteiger partial charge on any atom is -0.481 e. The second-order valence-corrected chi connectivity index (χ2v) is 10.8. The summed E-state index contributed by atoms with van der Waals surface area (Å²) in [6, 6.07) is 13.8. The number of hydrogen-bond donors (Lipinski definition) is 1. The van der Waals surface area contributed by atoms with E-state index in [0.29, 0.717) is 27.6 Å². The molecule has 1 saturated carbocycles. The number of carbonyl (C=O) groups excluding carboxylic acids is 3. The number of carbonyl (C=O) groups is 4. The average Bonchev–Trinajstić information content (AvgIpc) is 3.42. The third-order valence-electron chi connectivity index (χ3n) is 7.33. The summed E-state index contributed by atoms with van der Waals surface area (Å²) in [6.07, 6.45) is -0.603. The molecule has 0 spiro atoms. The fourth-order valence-electron chi connectivity index (χ4n) is 5.55. The molecule has 1 amide bonds. The number of ketones is 2. The highest BCUT2D eigenvalue weighted by molar-refractivity contribution is 6.30. The Balaban J connectivity index is 1.84. The molecule has 2 aliphatic rings. The monoisotopic (exact) mass is 583 g/mol. The minimum atomic E-state index is -1.98. The van der Waals surface area contributed by atoms with Gasteiger partial charge >= 0.3 is 5.97 Å². The van der Waals surface area contributed by atoms with Gasteiger partial charge in [0.1, 0.15) is 11.6 Å². The molecule has 1 fully saturated rings. The van der Waals surface area contributed by atoms with E-state index in [1.807, 2.05) is 0 Å². The highest BCUT2D eigenvalue weighted by atomic mass is 35.5. The zero-order valence-corrected chi connectivity index (χ0v) is 22.8. The standard InChI is InChI=1S/C30H24Cl2FNO6/c1-16(35)18-12-24-28(25(33)13-18)30(19-4-8-21(32)9-5-19,40-23-11-10-22(36)14-23)34(29(24)39)26(15-27(37)38)17-2-6-20(31)7-3-17/h2-9,12-13,23,26H,10-11,14-15H2,1H3,(H,37,38)/t23-,26-,30+/m0/s1. The Bertz CT molecular complexity index is 1520. The van der Waals surface area contributed by atoms with Crippen LogP contribution in [0.5, 0.6) is 0 Å². The first kappa shape index (κ1) is 28.0. The number of amides is 1. The Morgan fingerprint density at radius 1 is 1.07 bits per heavy atom. The lowest BCUT2D eigenvalue weighted by Gasteiger charge is -2.45. The van der Waals surface area contributed by atoms with Crippen LogP contribution in [0.15, 0.2) is 60.7 Å². The molecule has 5 rings (SSSR count). The molecule has 0 unspecified atom stereocenters. The molecule has 206 valence electrons. The Morgan fingerprint density at radius 2 is 1.70 bits per heavy atom. The zero-order chi connectivity index (χ0) is 28.8. The highest BCUT2D eigenvalue weighted by Crippen LogP contribution is 2.53. The lowest BCUT2D eigenvalue weighted by atomic mass is 9.89. The molecule has 1 aliphatic carbocycles. The summed E-state index contributed by atoms with van der Waals surface area (Å²) in [6.45, 7) is 1.26. The number of nitrogens with zero attached hydrogens (tertiary/aromatic N) is 1. The van der Waals surface area contributed by atoms with E-state index >= 15 is 4.39 Å². The lowest BCUT2D eigenvalue weighted by Crippen LogP contribution is -2.51.